The van der Waals surface area contributed by atoms with Crippen molar-refractivity contribution in [2.24, 2.45) is 0 Å². The lowest BCUT2D eigenvalue weighted by Gasteiger charge is -2.17. The second-order valence-electron chi connectivity index (χ2n) is 3.28. The molecule has 108 valence electrons. The molecule has 0 aliphatic carbocycles. The summed E-state index contributed by atoms with van der Waals surface area (Å²) in [6, 6.07) is 0.418. The number of aliphatic hydroxyl groups excluding tert-OH is 1. The molecular weight excluding hydrogens is 304 g/mol. The molecule has 1 heterocycles. The standard InChI is InChI=1S/C9H6ClF6NO2/c10-2-5-6(8(11,12)13)1-4(3-18)17-7(5)19-9(14,15)16/h1,18H,2-3H2. The van der Waals surface area contributed by atoms with Crippen LogP contribution in [-0.4, -0.2) is 16.5 Å². The van der Waals surface area contributed by atoms with Crippen LogP contribution in [0.4, 0.5) is 26.3 Å². The van der Waals surface area contributed by atoms with E-state index < -0.39 is 47.7 Å². The van der Waals surface area contributed by atoms with Crippen LogP contribution in [0.1, 0.15) is 16.8 Å². The first-order valence-corrected chi connectivity index (χ1v) is 5.14. The second kappa shape index (κ2) is 5.41. The summed E-state index contributed by atoms with van der Waals surface area (Å²) in [4.78, 5) is 3.14. The molecule has 0 saturated carbocycles. The summed E-state index contributed by atoms with van der Waals surface area (Å²) in [6.07, 6.45) is -10.2. The fourth-order valence-corrected chi connectivity index (χ4v) is 1.51. The third kappa shape index (κ3) is 4.13. The second-order valence-corrected chi connectivity index (χ2v) is 3.55. The fraction of sp³-hybridized carbons (Fsp3) is 0.444. The van der Waals surface area contributed by atoms with Crippen LogP contribution in [0.3, 0.4) is 0 Å². The summed E-state index contributed by atoms with van der Waals surface area (Å²) in [6.45, 7) is -0.972. The van der Waals surface area contributed by atoms with Crippen LogP contribution in [0.25, 0.3) is 0 Å². The molecule has 0 aromatic carbocycles. The monoisotopic (exact) mass is 309 g/mol. The highest BCUT2D eigenvalue weighted by Gasteiger charge is 2.39. The van der Waals surface area contributed by atoms with Crippen LogP contribution < -0.4 is 4.74 Å². The number of aliphatic hydroxyl groups is 1. The molecule has 0 amide bonds. The Hall–Kier alpha value is -1.22. The van der Waals surface area contributed by atoms with Gasteiger partial charge in [-0.25, -0.2) is 4.98 Å². The molecule has 0 radical (unpaired) electrons. The first-order chi connectivity index (χ1) is 8.58. The van der Waals surface area contributed by atoms with Gasteiger partial charge in [0.1, 0.15) is 0 Å². The number of nitrogens with zero attached hydrogens (tertiary/aromatic N) is 1. The van der Waals surface area contributed by atoms with Gasteiger partial charge in [0.15, 0.2) is 0 Å². The van der Waals surface area contributed by atoms with Gasteiger partial charge in [-0.05, 0) is 6.07 Å². The smallest absolute Gasteiger partial charge is 0.390 e. The molecule has 1 aromatic rings. The van der Waals surface area contributed by atoms with Gasteiger partial charge in [-0.3, -0.25) is 0 Å². The van der Waals surface area contributed by atoms with Gasteiger partial charge < -0.3 is 9.84 Å². The molecule has 3 nitrogen and oxygen atoms in total. The molecule has 0 aliphatic rings. The van der Waals surface area contributed by atoms with Crippen molar-refractivity contribution in [1.82, 2.24) is 4.98 Å². The van der Waals surface area contributed by atoms with Crippen LogP contribution in [0.15, 0.2) is 6.07 Å². The molecule has 0 atom stereocenters. The van der Waals surface area contributed by atoms with Crippen molar-refractivity contribution in [3.05, 3.63) is 22.9 Å². The average molecular weight is 310 g/mol. The first-order valence-electron chi connectivity index (χ1n) is 4.61. The minimum atomic E-state index is -5.22. The Balaban J connectivity index is 3.44. The van der Waals surface area contributed by atoms with E-state index in [-0.39, 0.29) is 0 Å². The van der Waals surface area contributed by atoms with Gasteiger partial charge in [-0.1, -0.05) is 0 Å². The van der Waals surface area contributed by atoms with Crippen molar-refractivity contribution < 1.29 is 36.2 Å². The SMILES string of the molecule is OCc1cc(C(F)(F)F)c(CCl)c(OC(F)(F)F)n1. The van der Waals surface area contributed by atoms with Crippen molar-refractivity contribution in [2.75, 3.05) is 0 Å². The van der Waals surface area contributed by atoms with E-state index in [1.54, 1.807) is 0 Å². The summed E-state index contributed by atoms with van der Waals surface area (Å²) in [5, 5.41) is 8.71. The Labute approximate surface area is 107 Å². The molecule has 0 spiro atoms. The molecule has 1 aromatic heterocycles. The van der Waals surface area contributed by atoms with Crippen LogP contribution in [-0.2, 0) is 18.7 Å². The Morgan fingerprint density at radius 1 is 1.21 bits per heavy atom. The van der Waals surface area contributed by atoms with Crippen LogP contribution in [0.2, 0.25) is 0 Å². The van der Waals surface area contributed by atoms with Crippen molar-refractivity contribution in [3.63, 3.8) is 0 Å². The van der Waals surface area contributed by atoms with E-state index in [0.717, 1.165) is 0 Å². The van der Waals surface area contributed by atoms with Crippen molar-refractivity contribution in [2.45, 2.75) is 25.0 Å². The maximum Gasteiger partial charge on any atom is 0.574 e. The lowest BCUT2D eigenvalue weighted by atomic mass is 10.1. The molecule has 10 heteroatoms. The van der Waals surface area contributed by atoms with Gasteiger partial charge in [0.05, 0.1) is 23.7 Å². The predicted molar refractivity (Wildman–Crippen MR) is 51.4 cm³/mol. The molecule has 1 N–H and O–H groups in total. The van der Waals surface area contributed by atoms with E-state index in [1.807, 2.05) is 0 Å². The Morgan fingerprint density at radius 3 is 2.16 bits per heavy atom. The third-order valence-electron chi connectivity index (χ3n) is 1.95. The van der Waals surface area contributed by atoms with Gasteiger partial charge in [0, 0.05) is 5.56 Å². The van der Waals surface area contributed by atoms with Gasteiger partial charge in [0.2, 0.25) is 5.88 Å². The van der Waals surface area contributed by atoms with Crippen molar-refractivity contribution in [3.8, 4) is 5.88 Å². The van der Waals surface area contributed by atoms with E-state index in [0.29, 0.717) is 6.07 Å². The normalized spacial score (nSPS) is 12.6. The Kier molecular flexibility index (Phi) is 4.51. The summed E-state index contributed by atoms with van der Waals surface area (Å²) in [7, 11) is 0. The highest BCUT2D eigenvalue weighted by molar-refractivity contribution is 6.17. The summed E-state index contributed by atoms with van der Waals surface area (Å²) in [5.74, 6) is -2.19. The molecule has 0 saturated heterocycles. The largest absolute Gasteiger partial charge is 0.574 e. The zero-order valence-electron chi connectivity index (χ0n) is 8.94. The van der Waals surface area contributed by atoms with E-state index in [9.17, 15) is 26.3 Å². The van der Waals surface area contributed by atoms with Gasteiger partial charge in [-0.15, -0.1) is 24.8 Å². The van der Waals surface area contributed by atoms with Crippen molar-refractivity contribution >= 4 is 11.6 Å². The zero-order chi connectivity index (χ0) is 14.8. The molecule has 0 aliphatic heterocycles. The number of ether oxygens (including phenoxy) is 1. The number of aromatic nitrogens is 1. The van der Waals surface area contributed by atoms with Crippen LogP contribution >= 0.6 is 11.6 Å². The average Bonchev–Trinajstić information content (AvgIpc) is 2.24. The van der Waals surface area contributed by atoms with E-state index >= 15 is 0 Å². The number of hydrogen-bond acceptors (Lipinski definition) is 3. The number of pyridine rings is 1. The van der Waals surface area contributed by atoms with Crippen molar-refractivity contribution in [1.29, 1.82) is 0 Å². The molecule has 0 fully saturated rings. The maximum atomic E-state index is 12.7. The summed E-state index contributed by atoms with van der Waals surface area (Å²) >= 11 is 5.22. The van der Waals surface area contributed by atoms with E-state index in [1.165, 1.54) is 0 Å². The first kappa shape index (κ1) is 15.8. The predicted octanol–water partition coefficient (Wildman–Crippen LogP) is 3.23. The van der Waals surface area contributed by atoms with Gasteiger partial charge in [-0.2, -0.15) is 13.2 Å². The van der Waals surface area contributed by atoms with E-state index in [4.69, 9.17) is 16.7 Å². The topological polar surface area (TPSA) is 42.4 Å². The number of hydrogen-bond donors (Lipinski definition) is 1. The summed E-state index contributed by atoms with van der Waals surface area (Å²) < 4.78 is 77.6. The maximum absolute atomic E-state index is 12.7. The number of rotatable bonds is 3. The molecule has 1 rings (SSSR count). The molecule has 0 bridgehead atoms. The lowest BCUT2D eigenvalue weighted by Crippen LogP contribution is -2.21. The van der Waals surface area contributed by atoms with Crippen LogP contribution in [0, 0.1) is 0 Å². The minimum Gasteiger partial charge on any atom is -0.390 e. The summed E-state index contributed by atoms with van der Waals surface area (Å²) in [5.41, 5.74) is -2.98. The molecular formula is C9H6ClF6NO2. The lowest BCUT2D eigenvalue weighted by molar-refractivity contribution is -0.276. The number of halogens is 7. The minimum absolute atomic E-state index is 0.418. The third-order valence-corrected chi connectivity index (χ3v) is 2.22. The number of alkyl halides is 7. The highest BCUT2D eigenvalue weighted by Crippen LogP contribution is 2.38. The zero-order valence-corrected chi connectivity index (χ0v) is 9.70. The highest BCUT2D eigenvalue weighted by atomic mass is 35.5. The van der Waals surface area contributed by atoms with Crippen LogP contribution in [0.5, 0.6) is 5.88 Å². The van der Waals surface area contributed by atoms with Gasteiger partial charge >= 0.3 is 12.5 Å². The molecule has 0 unspecified atom stereocenters. The Morgan fingerprint density at radius 2 is 1.79 bits per heavy atom. The van der Waals surface area contributed by atoms with E-state index in [2.05, 4.69) is 9.72 Å². The molecule has 19 heavy (non-hydrogen) atoms. The fourth-order valence-electron chi connectivity index (χ4n) is 1.26. The Bertz CT molecular complexity index is 459. The quantitative estimate of drug-likeness (QED) is 0.688. The van der Waals surface area contributed by atoms with Gasteiger partial charge in [0.25, 0.3) is 0 Å².